The van der Waals surface area contributed by atoms with Crippen LogP contribution >= 0.6 is 11.6 Å². The van der Waals surface area contributed by atoms with Crippen LogP contribution in [0.25, 0.3) is 0 Å². The molecule has 1 atom stereocenters. The Labute approximate surface area is 169 Å². The van der Waals surface area contributed by atoms with Crippen LogP contribution in [-0.4, -0.2) is 31.6 Å². The average molecular weight is 406 g/mol. The third-order valence-corrected chi connectivity index (χ3v) is 4.46. The maximum Gasteiger partial charge on any atom is 0.338 e. The van der Waals surface area contributed by atoms with Crippen molar-refractivity contribution in [2.75, 3.05) is 13.7 Å². The lowest BCUT2D eigenvalue weighted by molar-refractivity contribution is -0.124. The predicted molar refractivity (Wildman–Crippen MR) is 107 cm³/mol. The molecule has 6 nitrogen and oxygen atoms in total. The molecule has 0 aliphatic heterocycles. The van der Waals surface area contributed by atoms with Gasteiger partial charge in [-0.25, -0.2) is 4.79 Å². The SMILES string of the molecule is CCC(C)NC(=O)COC(=O)c1ccc(OCc2ccccc2Cl)c(OC)c1. The molecule has 0 aromatic heterocycles. The molecule has 28 heavy (non-hydrogen) atoms. The fourth-order valence-electron chi connectivity index (χ4n) is 2.32. The summed E-state index contributed by atoms with van der Waals surface area (Å²) in [5.74, 6) is -0.108. The van der Waals surface area contributed by atoms with Crippen LogP contribution in [0.3, 0.4) is 0 Å². The smallest absolute Gasteiger partial charge is 0.338 e. The van der Waals surface area contributed by atoms with Gasteiger partial charge in [-0.2, -0.15) is 0 Å². The molecule has 0 aliphatic carbocycles. The van der Waals surface area contributed by atoms with E-state index in [-0.39, 0.29) is 30.7 Å². The van der Waals surface area contributed by atoms with Crippen LogP contribution in [0.1, 0.15) is 36.2 Å². The molecule has 0 heterocycles. The normalized spacial score (nSPS) is 11.4. The molecule has 0 aliphatic rings. The van der Waals surface area contributed by atoms with Crippen LogP contribution < -0.4 is 14.8 Å². The number of amides is 1. The molecular weight excluding hydrogens is 382 g/mol. The summed E-state index contributed by atoms with van der Waals surface area (Å²) in [5.41, 5.74) is 1.10. The number of carbonyl (C=O) groups is 2. The van der Waals surface area contributed by atoms with E-state index in [9.17, 15) is 9.59 Å². The number of carbonyl (C=O) groups excluding carboxylic acids is 2. The number of halogens is 1. The van der Waals surface area contributed by atoms with E-state index in [1.165, 1.54) is 13.2 Å². The first kappa shape index (κ1) is 21.6. The van der Waals surface area contributed by atoms with E-state index < -0.39 is 5.97 Å². The van der Waals surface area contributed by atoms with Crippen LogP contribution in [0.5, 0.6) is 11.5 Å². The first-order valence-corrected chi connectivity index (χ1v) is 9.33. The number of benzene rings is 2. The number of methoxy groups -OCH3 is 1. The fraction of sp³-hybridized carbons (Fsp3) is 0.333. The van der Waals surface area contributed by atoms with Gasteiger partial charge in [0, 0.05) is 16.6 Å². The van der Waals surface area contributed by atoms with Crippen molar-refractivity contribution in [3.05, 3.63) is 58.6 Å². The summed E-state index contributed by atoms with van der Waals surface area (Å²) in [4.78, 5) is 23.9. The quantitative estimate of drug-likeness (QED) is 0.638. The van der Waals surface area contributed by atoms with Crippen molar-refractivity contribution in [2.45, 2.75) is 32.9 Å². The summed E-state index contributed by atoms with van der Waals surface area (Å²) in [6.07, 6.45) is 0.798. The molecule has 2 aromatic carbocycles. The third-order valence-electron chi connectivity index (χ3n) is 4.09. The van der Waals surface area contributed by atoms with Crippen LogP contribution in [0.15, 0.2) is 42.5 Å². The van der Waals surface area contributed by atoms with Gasteiger partial charge in [-0.1, -0.05) is 36.7 Å². The van der Waals surface area contributed by atoms with Crippen LogP contribution in [0, 0.1) is 0 Å². The van der Waals surface area contributed by atoms with Gasteiger partial charge in [0.2, 0.25) is 0 Å². The Hall–Kier alpha value is -2.73. The van der Waals surface area contributed by atoms with E-state index >= 15 is 0 Å². The van der Waals surface area contributed by atoms with E-state index in [1.54, 1.807) is 18.2 Å². The topological polar surface area (TPSA) is 73.9 Å². The Morgan fingerprint density at radius 3 is 2.57 bits per heavy atom. The van der Waals surface area contributed by atoms with E-state index in [2.05, 4.69) is 5.32 Å². The fourth-order valence-corrected chi connectivity index (χ4v) is 2.51. The molecule has 150 valence electrons. The second-order valence-corrected chi connectivity index (χ2v) is 6.61. The first-order chi connectivity index (χ1) is 13.4. The first-order valence-electron chi connectivity index (χ1n) is 8.95. The van der Waals surface area contributed by atoms with Crippen molar-refractivity contribution in [3.8, 4) is 11.5 Å². The zero-order valence-electron chi connectivity index (χ0n) is 16.2. The summed E-state index contributed by atoms with van der Waals surface area (Å²) >= 11 is 6.13. The van der Waals surface area contributed by atoms with E-state index in [0.29, 0.717) is 16.5 Å². The second-order valence-electron chi connectivity index (χ2n) is 6.20. The molecule has 0 radical (unpaired) electrons. The maximum absolute atomic E-state index is 12.2. The van der Waals surface area contributed by atoms with Gasteiger partial charge < -0.3 is 19.5 Å². The molecule has 1 amide bonds. The maximum atomic E-state index is 12.2. The highest BCUT2D eigenvalue weighted by molar-refractivity contribution is 6.31. The minimum atomic E-state index is -0.616. The Morgan fingerprint density at radius 2 is 1.89 bits per heavy atom. The van der Waals surface area contributed by atoms with Gasteiger partial charge in [-0.05, 0) is 37.6 Å². The number of rotatable bonds is 9. The van der Waals surface area contributed by atoms with Crippen molar-refractivity contribution in [3.63, 3.8) is 0 Å². The van der Waals surface area contributed by atoms with Crippen molar-refractivity contribution in [1.82, 2.24) is 5.32 Å². The largest absolute Gasteiger partial charge is 0.493 e. The number of ether oxygens (including phenoxy) is 3. The average Bonchev–Trinajstić information content (AvgIpc) is 2.71. The highest BCUT2D eigenvalue weighted by atomic mass is 35.5. The molecular formula is C21H24ClNO5. The summed E-state index contributed by atoms with van der Waals surface area (Å²) < 4.78 is 16.1. The standard InChI is InChI=1S/C21H24ClNO5/c1-4-14(2)23-20(24)13-28-21(25)15-9-10-18(19(11-15)26-3)27-12-16-7-5-6-8-17(16)22/h5-11,14H,4,12-13H2,1-3H3,(H,23,24). The molecule has 0 saturated carbocycles. The van der Waals surface area contributed by atoms with Gasteiger partial charge in [0.1, 0.15) is 6.61 Å². The highest BCUT2D eigenvalue weighted by Crippen LogP contribution is 2.29. The number of hydrogen-bond donors (Lipinski definition) is 1. The van der Waals surface area contributed by atoms with Crippen LogP contribution in [0.2, 0.25) is 5.02 Å². The van der Waals surface area contributed by atoms with E-state index in [0.717, 1.165) is 12.0 Å². The van der Waals surface area contributed by atoms with Crippen molar-refractivity contribution in [2.24, 2.45) is 0 Å². The van der Waals surface area contributed by atoms with Gasteiger partial charge in [-0.15, -0.1) is 0 Å². The Morgan fingerprint density at radius 1 is 1.14 bits per heavy atom. The van der Waals surface area contributed by atoms with Gasteiger partial charge in [0.05, 0.1) is 12.7 Å². The molecule has 0 saturated heterocycles. The highest BCUT2D eigenvalue weighted by Gasteiger charge is 2.15. The van der Waals surface area contributed by atoms with Gasteiger partial charge in [0.15, 0.2) is 18.1 Å². The Balaban J connectivity index is 1.98. The summed E-state index contributed by atoms with van der Waals surface area (Å²) in [6, 6.07) is 12.1. The molecule has 0 bridgehead atoms. The zero-order valence-corrected chi connectivity index (χ0v) is 16.9. The van der Waals surface area contributed by atoms with Crippen molar-refractivity contribution in [1.29, 1.82) is 0 Å². The van der Waals surface area contributed by atoms with Crippen LogP contribution in [0.4, 0.5) is 0 Å². The second kappa shape index (κ2) is 10.6. The van der Waals surface area contributed by atoms with Crippen LogP contribution in [-0.2, 0) is 16.1 Å². The molecule has 2 rings (SSSR count). The summed E-state index contributed by atoms with van der Waals surface area (Å²) in [6.45, 7) is 3.76. The number of esters is 1. The minimum Gasteiger partial charge on any atom is -0.493 e. The molecule has 0 spiro atoms. The lowest BCUT2D eigenvalue weighted by atomic mass is 10.2. The van der Waals surface area contributed by atoms with E-state index in [1.807, 2.05) is 32.0 Å². The predicted octanol–water partition coefficient (Wildman–Crippen LogP) is 4.00. The van der Waals surface area contributed by atoms with Gasteiger partial charge >= 0.3 is 5.97 Å². The minimum absolute atomic E-state index is 0.0286. The van der Waals surface area contributed by atoms with Gasteiger partial charge in [-0.3, -0.25) is 4.79 Å². The molecule has 1 N–H and O–H groups in total. The Bertz CT molecular complexity index is 824. The van der Waals surface area contributed by atoms with E-state index in [4.69, 9.17) is 25.8 Å². The lowest BCUT2D eigenvalue weighted by Gasteiger charge is -2.13. The number of nitrogens with one attached hydrogen (secondary N) is 1. The molecule has 2 aromatic rings. The van der Waals surface area contributed by atoms with Gasteiger partial charge in [0.25, 0.3) is 5.91 Å². The monoisotopic (exact) mass is 405 g/mol. The lowest BCUT2D eigenvalue weighted by Crippen LogP contribution is -2.35. The molecule has 0 fully saturated rings. The Kier molecular flexibility index (Phi) is 8.14. The van der Waals surface area contributed by atoms with Crippen molar-refractivity contribution >= 4 is 23.5 Å². The van der Waals surface area contributed by atoms with Crippen molar-refractivity contribution < 1.29 is 23.8 Å². The summed E-state index contributed by atoms with van der Waals surface area (Å²) in [5, 5.41) is 3.34. The molecule has 1 unspecified atom stereocenters. The summed E-state index contributed by atoms with van der Waals surface area (Å²) in [7, 11) is 1.48. The number of hydrogen-bond acceptors (Lipinski definition) is 5. The molecule has 7 heteroatoms. The third kappa shape index (κ3) is 6.16. The zero-order chi connectivity index (χ0) is 20.5.